The minimum absolute atomic E-state index is 0. The molecule has 0 aromatic heterocycles. The van der Waals surface area contributed by atoms with Crippen LogP contribution in [0.3, 0.4) is 0 Å². The number of ether oxygens (including phenoxy) is 4. The van der Waals surface area contributed by atoms with Crippen LogP contribution in [0, 0.1) is 81.8 Å². The Morgan fingerprint density at radius 1 is 0.611 bits per heavy atom. The molecule has 14 rings (SSSR count). The molecule has 12 aliphatic rings. The molecule has 2 aromatic rings. The first-order valence-electron chi connectivity index (χ1n) is 34.1. The number of fused-ring (bicyclic) bond motifs is 12. The lowest BCUT2D eigenvalue weighted by Gasteiger charge is -2.52. The molecular formula is C76H105F3N2O9. The summed E-state index contributed by atoms with van der Waals surface area (Å²) in [5.41, 5.74) is 6.87. The molecule has 90 heavy (non-hydrogen) atoms. The summed E-state index contributed by atoms with van der Waals surface area (Å²) in [6.45, 7) is 20.2. The van der Waals surface area contributed by atoms with E-state index in [-0.39, 0.29) is 106 Å². The first-order valence-corrected chi connectivity index (χ1v) is 34.1. The molecule has 2 aromatic carbocycles. The van der Waals surface area contributed by atoms with Crippen molar-refractivity contribution in [1.82, 2.24) is 9.80 Å². The lowest BCUT2D eigenvalue weighted by molar-refractivity contribution is -0.134. The number of piperidine rings is 2. The van der Waals surface area contributed by atoms with Crippen molar-refractivity contribution in [1.29, 1.82) is 0 Å². The highest BCUT2D eigenvalue weighted by Gasteiger charge is 2.64. The number of carbonyl (C=O) groups is 4. The Kier molecular flexibility index (Phi) is 18.5. The van der Waals surface area contributed by atoms with Crippen molar-refractivity contribution in [3.63, 3.8) is 0 Å². The van der Waals surface area contributed by atoms with E-state index in [0.29, 0.717) is 59.9 Å². The van der Waals surface area contributed by atoms with Crippen LogP contribution in [0.25, 0.3) is 0 Å². The van der Waals surface area contributed by atoms with Gasteiger partial charge in [-0.25, -0.2) is 9.59 Å². The molecule has 0 bridgehead atoms. The minimum Gasteiger partial charge on any atom is -0.504 e. The van der Waals surface area contributed by atoms with Gasteiger partial charge in [-0.05, 0) is 198 Å². The van der Waals surface area contributed by atoms with Crippen LogP contribution in [0.15, 0.2) is 94.3 Å². The first kappa shape index (κ1) is 66.5. The summed E-state index contributed by atoms with van der Waals surface area (Å²) < 4.78 is 66.6. The van der Waals surface area contributed by atoms with Crippen LogP contribution in [0.4, 0.5) is 22.8 Å². The number of allylic oxidation sites excluding steroid dienone is 4. The number of amides is 2. The molecule has 4 saturated heterocycles. The molecule has 11 nitrogen and oxygen atoms in total. The number of hydrogen-bond acceptors (Lipinski definition) is 9. The van der Waals surface area contributed by atoms with Crippen molar-refractivity contribution < 1.29 is 56.4 Å². The summed E-state index contributed by atoms with van der Waals surface area (Å²) in [4.78, 5) is 56.1. The zero-order valence-corrected chi connectivity index (χ0v) is 53.5. The summed E-state index contributed by atoms with van der Waals surface area (Å²) in [6, 6.07) is 19.7. The zero-order chi connectivity index (χ0) is 62.0. The van der Waals surface area contributed by atoms with Gasteiger partial charge in [0.15, 0.2) is 5.78 Å². The maximum absolute atomic E-state index is 13.5. The Morgan fingerprint density at radius 2 is 1.06 bits per heavy atom. The largest absolute Gasteiger partial charge is 0.504 e. The summed E-state index contributed by atoms with van der Waals surface area (Å²) in [5, 5.41) is 10.1. The van der Waals surface area contributed by atoms with E-state index in [0.717, 1.165) is 113 Å². The van der Waals surface area contributed by atoms with Crippen LogP contribution in [0.2, 0.25) is 0 Å². The van der Waals surface area contributed by atoms with Gasteiger partial charge in [0.05, 0.1) is 35.5 Å². The second-order valence-electron chi connectivity index (χ2n) is 31.2. The van der Waals surface area contributed by atoms with Crippen molar-refractivity contribution >= 4 is 23.8 Å². The average Bonchev–Trinajstić information content (AvgIpc) is 1.54. The van der Waals surface area contributed by atoms with Gasteiger partial charge in [-0.15, -0.1) is 0 Å². The van der Waals surface area contributed by atoms with E-state index in [1.165, 1.54) is 36.8 Å². The molecule has 1 N–H and O–H groups in total. The van der Waals surface area contributed by atoms with Gasteiger partial charge in [-0.3, -0.25) is 9.59 Å². The topological polar surface area (TPSA) is 132 Å². The molecule has 8 aliphatic carbocycles. The highest BCUT2D eigenvalue weighted by molar-refractivity contribution is 5.97. The van der Waals surface area contributed by atoms with Crippen molar-refractivity contribution in [2.45, 2.75) is 247 Å². The molecule has 0 unspecified atom stereocenters. The number of alkyl halides is 3. The second-order valence-corrected chi connectivity index (χ2v) is 31.2. The fourth-order valence-corrected chi connectivity index (χ4v) is 22.0. The third-order valence-electron chi connectivity index (χ3n) is 26.5. The van der Waals surface area contributed by atoms with E-state index < -0.39 is 28.7 Å². The van der Waals surface area contributed by atoms with E-state index in [1.54, 1.807) is 11.1 Å². The average molecular weight is 1250 g/mol. The third kappa shape index (κ3) is 11.5. The van der Waals surface area contributed by atoms with Gasteiger partial charge < -0.3 is 33.9 Å². The Morgan fingerprint density at radius 3 is 1.51 bits per heavy atom. The normalized spacial score (nSPS) is 41.4. The maximum atomic E-state index is 13.5. The van der Waals surface area contributed by atoms with Gasteiger partial charge in [0.25, 0.3) is 0 Å². The summed E-state index contributed by atoms with van der Waals surface area (Å²) >= 11 is 0. The van der Waals surface area contributed by atoms with Gasteiger partial charge in [0, 0.05) is 49.8 Å². The molecule has 4 aliphatic heterocycles. The van der Waals surface area contributed by atoms with E-state index in [2.05, 4.69) is 55.4 Å². The first-order chi connectivity index (χ1) is 41.9. The number of carbonyl (C=O) groups excluding carboxylic acids is 4. The smallest absolute Gasteiger partial charge is 0.449 e. The van der Waals surface area contributed by atoms with Crippen LogP contribution < -0.4 is 0 Å². The molecular weight excluding hydrogens is 1140 g/mol. The summed E-state index contributed by atoms with van der Waals surface area (Å²) in [5.74, 6) is 2.96. The van der Waals surface area contributed by atoms with E-state index >= 15 is 0 Å². The number of halogens is 3. The lowest BCUT2D eigenvalue weighted by Crippen LogP contribution is -2.54. The Balaban J connectivity index is 0.000000183. The number of rotatable bonds is 4. The number of likely N-dealkylation sites (tertiary alicyclic amines) is 2. The van der Waals surface area contributed by atoms with Crippen LogP contribution in [0.1, 0.15) is 203 Å². The Hall–Kier alpha value is -4.95. The molecule has 0 radical (unpaired) electrons. The van der Waals surface area contributed by atoms with E-state index in [1.807, 2.05) is 70.5 Å². The number of hydrogen-bond donors (Lipinski definition) is 1. The van der Waals surface area contributed by atoms with Crippen LogP contribution in [-0.4, -0.2) is 93.4 Å². The summed E-state index contributed by atoms with van der Waals surface area (Å²) in [6.07, 6.45) is 11.6. The van der Waals surface area contributed by atoms with E-state index in [9.17, 15) is 37.5 Å². The molecule has 6 saturated carbocycles. The maximum Gasteiger partial charge on any atom is 0.449 e. The SMILES string of the molecule is C.C.CC1=C2C[C@H]3[C@@H](CC[C@@H]4CC(=O)/C(=C(\O)C(F)(F)F)C[C@@]43C)[C@@H]2CC[C@@]2(C1)O[C@@H]1C[C@H](C)CN(C(=O)OCc3ccccc3)[C@H]1[C@H]2C.CC1=C2C[C@H]3[C@@H](CC[C@@H]4CC(=O)CC[C@@]43C)[C@@H]2CC[C@@]2(C1)O[C@@H]1C[C@H](C)CN(C(=O)OCc3ccccc3)[C@H]1[C@H]2C. The number of aliphatic hydroxyl groups is 1. The van der Waals surface area contributed by atoms with Crippen molar-refractivity contribution in [3.05, 3.63) is 105 Å². The fourth-order valence-electron chi connectivity index (χ4n) is 22.0. The minimum atomic E-state index is -4.92. The summed E-state index contributed by atoms with van der Waals surface area (Å²) in [7, 11) is 0. The monoisotopic (exact) mass is 1250 g/mol. The van der Waals surface area contributed by atoms with Crippen molar-refractivity contribution in [3.8, 4) is 0 Å². The number of nitrogens with zero attached hydrogens (tertiary/aromatic N) is 2. The second kappa shape index (κ2) is 25.1. The molecule has 14 heteroatoms. The van der Waals surface area contributed by atoms with Gasteiger partial charge in [0.1, 0.15) is 19.0 Å². The molecule has 20 atom stereocenters. The predicted octanol–water partition coefficient (Wildman–Crippen LogP) is 17.7. The molecule has 4 heterocycles. The third-order valence-corrected chi connectivity index (χ3v) is 26.5. The predicted molar refractivity (Wildman–Crippen MR) is 343 cm³/mol. The Labute approximate surface area is 535 Å². The quantitative estimate of drug-likeness (QED) is 0.181. The van der Waals surface area contributed by atoms with Gasteiger partial charge in [0.2, 0.25) is 5.76 Å². The van der Waals surface area contributed by atoms with Gasteiger partial charge in [-0.2, -0.15) is 13.2 Å². The highest BCUT2D eigenvalue weighted by atomic mass is 19.4. The zero-order valence-electron chi connectivity index (χ0n) is 53.5. The molecule has 2 spiro atoms. The fraction of sp³-hybridized carbons (Fsp3) is 0.711. The van der Waals surface area contributed by atoms with Gasteiger partial charge >= 0.3 is 18.4 Å². The molecule has 10 fully saturated rings. The van der Waals surface area contributed by atoms with Crippen LogP contribution in [0.5, 0.6) is 0 Å². The standard InChI is InChI=1S/C38H48F3NO5.C36H49NO4.2CH4/c1-21-14-32-33(42(19-21)35(45)46-20-24-8-6-5-7-9-24)23(3)37(47-32)13-12-26-27-11-10-25-15-31(43)29(34(44)38(39,40)41)18-36(25,4)30(27)16-28(26)22(2)17-37;1-22-16-32-33(37(20-22)34(39)40-21-25-8-6-5-7-9-25)24(3)36(41-32)15-13-28-29-11-10-26-17-27(38)12-14-35(26,4)31(29)18-30(28)23(2)19-36;;/h5-9,21,23,25-27,30,32-33,44H,10-20H2,1-4H3;5-9,22,24,26,28-29,31-33H,10-21H2,1-4H3;2*1H4/b34-29-;;;/t21-,23+,25+,26-,27-,30-,32+,33-,36-,37-;22-,24+,26+,28-,29-,31-,32+,33-,35-,36-;;/m00../s1. The number of ketones is 2. The van der Waals surface area contributed by atoms with Crippen molar-refractivity contribution in [2.24, 2.45) is 81.8 Å². The highest BCUT2D eigenvalue weighted by Crippen LogP contribution is 2.68. The molecule has 494 valence electrons. The number of benzene rings is 2. The number of Topliss-reactive ketones (excluding diaryl/α,β-unsaturated/α-hetero) is 2. The van der Waals surface area contributed by atoms with Gasteiger partial charge in [-0.1, -0.05) is 139 Å². The lowest BCUT2D eigenvalue weighted by atomic mass is 9.51. The van der Waals surface area contributed by atoms with Crippen molar-refractivity contribution in [2.75, 3.05) is 13.1 Å². The number of aliphatic hydroxyl groups excluding tert-OH is 1. The Bertz CT molecular complexity index is 3130. The molecule has 2 amide bonds. The van der Waals surface area contributed by atoms with E-state index in [4.69, 9.17) is 18.9 Å². The van der Waals surface area contributed by atoms with Crippen LogP contribution >= 0.6 is 0 Å². The van der Waals surface area contributed by atoms with Crippen LogP contribution in [-0.2, 0) is 41.8 Å².